The molecule has 2 nitrogen and oxygen atoms in total. The summed E-state index contributed by atoms with van der Waals surface area (Å²) in [7, 11) is 0. The van der Waals surface area contributed by atoms with Crippen LogP contribution < -0.4 is 0 Å². The molecule has 0 aromatic carbocycles. The molecule has 6 atom stereocenters. The van der Waals surface area contributed by atoms with Crippen molar-refractivity contribution in [2.75, 3.05) is 0 Å². The third kappa shape index (κ3) is 6.73. The largest absolute Gasteiger partial charge is 0.294 e. The van der Waals surface area contributed by atoms with E-state index < -0.39 is 0 Å². The predicted molar refractivity (Wildman–Crippen MR) is 155 cm³/mol. The molecule has 0 radical (unpaired) electrons. The molecule has 208 valence electrons. The van der Waals surface area contributed by atoms with Gasteiger partial charge < -0.3 is 0 Å². The van der Waals surface area contributed by atoms with Crippen LogP contribution in [0.4, 0.5) is 0 Å². The maximum Gasteiger partial charge on any atom is 0.0116 e. The maximum absolute atomic E-state index is 3.23. The fraction of sp³-hybridized carbons (Fsp3) is 1.00. The maximum atomic E-state index is 3.23. The Hall–Kier alpha value is -0.0800. The van der Waals surface area contributed by atoms with Crippen LogP contribution in [0.3, 0.4) is 0 Å². The normalized spacial score (nSPS) is 45.2. The van der Waals surface area contributed by atoms with Gasteiger partial charge in [0, 0.05) is 36.3 Å². The molecule has 5 fully saturated rings. The topological polar surface area (TPSA) is 6.48 Å². The highest BCUT2D eigenvalue weighted by molar-refractivity contribution is 4.97. The first-order valence-electron chi connectivity index (χ1n) is 17.0. The molecule has 0 aliphatic heterocycles. The number of hydrogen-bond donors (Lipinski definition) is 0. The van der Waals surface area contributed by atoms with Gasteiger partial charge in [-0.3, -0.25) is 9.80 Å². The first-order valence-corrected chi connectivity index (χ1v) is 17.0. The van der Waals surface area contributed by atoms with Gasteiger partial charge in [-0.25, -0.2) is 0 Å². The van der Waals surface area contributed by atoms with Gasteiger partial charge in [-0.15, -0.1) is 0 Å². The second kappa shape index (κ2) is 12.8. The SMILES string of the molecule is CC1CCC(N(C2CCCC(C)C2)C2CCCC(N(C3CCC(C)CC3)C3CCCC(C)C3)C2)CC1. The van der Waals surface area contributed by atoms with Crippen LogP contribution in [0.2, 0.25) is 0 Å². The summed E-state index contributed by atoms with van der Waals surface area (Å²) in [6, 6.07) is 5.27. The minimum atomic E-state index is 0.864. The summed E-state index contributed by atoms with van der Waals surface area (Å²) in [5, 5.41) is 0. The Morgan fingerprint density at radius 1 is 0.306 bits per heavy atom. The van der Waals surface area contributed by atoms with Crippen LogP contribution in [0.5, 0.6) is 0 Å². The first-order chi connectivity index (χ1) is 17.5. The molecule has 0 amide bonds. The highest BCUT2D eigenvalue weighted by atomic mass is 15.3. The monoisotopic (exact) mass is 498 g/mol. The van der Waals surface area contributed by atoms with Crippen molar-refractivity contribution in [1.82, 2.24) is 9.80 Å². The summed E-state index contributed by atoms with van der Waals surface area (Å²) in [4.78, 5) is 6.47. The van der Waals surface area contributed by atoms with Crippen LogP contribution in [-0.4, -0.2) is 46.1 Å². The molecule has 6 unspecified atom stereocenters. The summed E-state index contributed by atoms with van der Waals surface area (Å²) in [6.45, 7) is 10.1. The molecular formula is C34H62N2. The second-order valence-electron chi connectivity index (χ2n) is 15.0. The van der Waals surface area contributed by atoms with Crippen molar-refractivity contribution in [3.05, 3.63) is 0 Å². The van der Waals surface area contributed by atoms with E-state index in [-0.39, 0.29) is 0 Å². The molecule has 5 saturated carbocycles. The van der Waals surface area contributed by atoms with Gasteiger partial charge in [0.15, 0.2) is 0 Å². The van der Waals surface area contributed by atoms with Gasteiger partial charge in [-0.1, -0.05) is 59.8 Å². The lowest BCUT2D eigenvalue weighted by molar-refractivity contribution is -0.0367. The third-order valence-corrected chi connectivity index (χ3v) is 11.9. The predicted octanol–water partition coefficient (Wildman–Crippen LogP) is 9.22. The minimum Gasteiger partial charge on any atom is -0.294 e. The lowest BCUT2D eigenvalue weighted by atomic mass is 9.77. The van der Waals surface area contributed by atoms with E-state index in [4.69, 9.17) is 0 Å². The Kier molecular flexibility index (Phi) is 9.81. The van der Waals surface area contributed by atoms with Gasteiger partial charge in [-0.2, -0.15) is 0 Å². The molecule has 36 heavy (non-hydrogen) atoms. The van der Waals surface area contributed by atoms with Gasteiger partial charge in [0.25, 0.3) is 0 Å². The van der Waals surface area contributed by atoms with E-state index >= 15 is 0 Å². The molecular weight excluding hydrogens is 436 g/mol. The first kappa shape index (κ1) is 27.5. The quantitative estimate of drug-likeness (QED) is 0.360. The van der Waals surface area contributed by atoms with E-state index in [1.807, 2.05) is 0 Å². The van der Waals surface area contributed by atoms with Crippen LogP contribution in [-0.2, 0) is 0 Å². The zero-order valence-electron chi connectivity index (χ0n) is 24.8. The van der Waals surface area contributed by atoms with Crippen molar-refractivity contribution < 1.29 is 0 Å². The zero-order valence-corrected chi connectivity index (χ0v) is 24.8. The fourth-order valence-electron chi connectivity index (χ4n) is 9.90. The number of hydrogen-bond acceptors (Lipinski definition) is 2. The fourth-order valence-corrected chi connectivity index (χ4v) is 9.90. The van der Waals surface area contributed by atoms with Crippen LogP contribution in [0, 0.1) is 23.7 Å². The number of rotatable bonds is 6. The smallest absolute Gasteiger partial charge is 0.0116 e. The average Bonchev–Trinajstić information content (AvgIpc) is 2.87. The molecule has 0 saturated heterocycles. The van der Waals surface area contributed by atoms with E-state index in [0.29, 0.717) is 0 Å². The molecule has 5 aliphatic rings. The van der Waals surface area contributed by atoms with Crippen molar-refractivity contribution in [3.8, 4) is 0 Å². The van der Waals surface area contributed by atoms with Gasteiger partial charge in [0.2, 0.25) is 0 Å². The lowest BCUT2D eigenvalue weighted by Gasteiger charge is -2.53. The molecule has 0 spiro atoms. The highest BCUT2D eigenvalue weighted by Gasteiger charge is 2.42. The Bertz CT molecular complexity index is 592. The molecule has 0 heterocycles. The van der Waals surface area contributed by atoms with Gasteiger partial charge >= 0.3 is 0 Å². The highest BCUT2D eigenvalue weighted by Crippen LogP contribution is 2.42. The van der Waals surface area contributed by atoms with Crippen LogP contribution in [0.1, 0.15) is 156 Å². The van der Waals surface area contributed by atoms with E-state index in [0.717, 1.165) is 59.9 Å². The average molecular weight is 499 g/mol. The van der Waals surface area contributed by atoms with Crippen molar-refractivity contribution in [3.63, 3.8) is 0 Å². The van der Waals surface area contributed by atoms with Gasteiger partial charge in [-0.05, 0) is 120 Å². The molecule has 5 rings (SSSR count). The van der Waals surface area contributed by atoms with E-state index in [1.54, 1.807) is 0 Å². The Morgan fingerprint density at radius 3 is 1.00 bits per heavy atom. The van der Waals surface area contributed by atoms with Crippen LogP contribution in [0.25, 0.3) is 0 Å². The Morgan fingerprint density at radius 2 is 0.639 bits per heavy atom. The summed E-state index contributed by atoms with van der Waals surface area (Å²) < 4.78 is 0. The van der Waals surface area contributed by atoms with E-state index in [9.17, 15) is 0 Å². The summed E-state index contributed by atoms with van der Waals surface area (Å²) >= 11 is 0. The summed E-state index contributed by atoms with van der Waals surface area (Å²) in [5.74, 6) is 3.81. The van der Waals surface area contributed by atoms with Crippen molar-refractivity contribution in [1.29, 1.82) is 0 Å². The molecule has 2 heteroatoms. The van der Waals surface area contributed by atoms with Gasteiger partial charge in [0.1, 0.15) is 0 Å². The van der Waals surface area contributed by atoms with Crippen molar-refractivity contribution in [2.24, 2.45) is 23.7 Å². The molecule has 0 aromatic heterocycles. The molecule has 0 N–H and O–H groups in total. The van der Waals surface area contributed by atoms with Crippen LogP contribution >= 0.6 is 0 Å². The lowest BCUT2D eigenvalue weighted by Crippen LogP contribution is -2.58. The molecule has 5 aliphatic carbocycles. The summed E-state index contributed by atoms with van der Waals surface area (Å²) in [5.41, 5.74) is 0. The minimum absolute atomic E-state index is 0.864. The van der Waals surface area contributed by atoms with E-state index in [2.05, 4.69) is 37.5 Å². The van der Waals surface area contributed by atoms with Crippen molar-refractivity contribution in [2.45, 2.75) is 192 Å². The van der Waals surface area contributed by atoms with Gasteiger partial charge in [0.05, 0.1) is 0 Å². The van der Waals surface area contributed by atoms with E-state index in [1.165, 1.54) is 128 Å². The van der Waals surface area contributed by atoms with Crippen LogP contribution in [0.15, 0.2) is 0 Å². The molecule has 0 bridgehead atoms. The zero-order chi connectivity index (χ0) is 25.1. The standard InChI is InChI=1S/C34H62N2/c1-25-14-18-29(19-15-25)35(31-10-5-8-27(3)22-31)33-12-7-13-34(24-33)36(30-20-16-26(2)17-21-30)32-11-6-9-28(4)23-32/h25-34H,5-24H2,1-4H3. The van der Waals surface area contributed by atoms with Crippen molar-refractivity contribution >= 4 is 0 Å². The Labute approximate surface area is 225 Å². The second-order valence-corrected chi connectivity index (χ2v) is 15.0. The third-order valence-electron chi connectivity index (χ3n) is 11.9. The Balaban J connectivity index is 1.35. The number of nitrogens with zero attached hydrogens (tertiary/aromatic N) is 2. The summed E-state index contributed by atoms with van der Waals surface area (Å²) in [6.07, 6.45) is 29.7. The molecule has 0 aromatic rings.